The molecule has 0 bridgehead atoms. The molecule has 0 amide bonds. The second kappa shape index (κ2) is 9.30. The van der Waals surface area contributed by atoms with Crippen molar-refractivity contribution in [2.45, 2.75) is 31.2 Å². The lowest BCUT2D eigenvalue weighted by Crippen LogP contribution is -2.25. The van der Waals surface area contributed by atoms with E-state index in [-0.39, 0.29) is 11.4 Å². The quantitative estimate of drug-likeness (QED) is 0.640. The van der Waals surface area contributed by atoms with Gasteiger partial charge in [-0.25, -0.2) is 13.1 Å². The van der Waals surface area contributed by atoms with E-state index < -0.39 is 10.0 Å². The van der Waals surface area contributed by atoms with Gasteiger partial charge in [-0.05, 0) is 50.0 Å². The smallest absolute Gasteiger partial charge is 0.240 e. The van der Waals surface area contributed by atoms with E-state index in [1.165, 1.54) is 0 Å². The van der Waals surface area contributed by atoms with E-state index in [4.69, 9.17) is 10.5 Å². The van der Waals surface area contributed by atoms with Crippen molar-refractivity contribution < 1.29 is 13.2 Å². The van der Waals surface area contributed by atoms with Crippen LogP contribution in [-0.4, -0.2) is 33.6 Å². The van der Waals surface area contributed by atoms with Gasteiger partial charge in [0, 0.05) is 18.7 Å². The van der Waals surface area contributed by atoms with Crippen molar-refractivity contribution in [2.75, 3.05) is 25.2 Å². The predicted molar refractivity (Wildman–Crippen MR) is 88.3 cm³/mol. The van der Waals surface area contributed by atoms with Gasteiger partial charge in [0.1, 0.15) is 5.75 Å². The zero-order valence-electron chi connectivity index (χ0n) is 12.6. The summed E-state index contributed by atoms with van der Waals surface area (Å²) in [5.41, 5.74) is 6.35. The summed E-state index contributed by atoms with van der Waals surface area (Å²) in [4.78, 5) is 0.233. The highest BCUT2D eigenvalue weighted by molar-refractivity contribution is 7.98. The molecule has 0 heterocycles. The van der Waals surface area contributed by atoms with E-state index in [0.29, 0.717) is 24.5 Å². The van der Waals surface area contributed by atoms with E-state index in [1.807, 2.05) is 13.2 Å². The highest BCUT2D eigenvalue weighted by atomic mass is 32.2. The van der Waals surface area contributed by atoms with Crippen molar-refractivity contribution in [3.8, 4) is 5.75 Å². The van der Waals surface area contributed by atoms with Crippen LogP contribution in [0.5, 0.6) is 5.75 Å². The summed E-state index contributed by atoms with van der Waals surface area (Å²) in [6.07, 6.45) is 3.88. The average Bonchev–Trinajstić information content (AvgIpc) is 2.47. The molecule has 120 valence electrons. The molecule has 0 unspecified atom stereocenters. The molecule has 0 radical (unpaired) electrons. The van der Waals surface area contributed by atoms with Crippen molar-refractivity contribution in [3.63, 3.8) is 0 Å². The second-order valence-electron chi connectivity index (χ2n) is 4.50. The van der Waals surface area contributed by atoms with Crippen LogP contribution in [0.15, 0.2) is 23.1 Å². The lowest BCUT2D eigenvalue weighted by atomic mass is 10.2. The van der Waals surface area contributed by atoms with Crippen LogP contribution in [0.1, 0.15) is 25.3 Å². The van der Waals surface area contributed by atoms with Gasteiger partial charge in [-0.1, -0.05) is 0 Å². The number of thioether (sulfide) groups is 1. The molecule has 0 aliphatic carbocycles. The van der Waals surface area contributed by atoms with Crippen molar-refractivity contribution in [2.24, 2.45) is 5.73 Å². The van der Waals surface area contributed by atoms with Crippen molar-refractivity contribution in [1.82, 2.24) is 4.72 Å². The molecular weight excluding hydrogens is 308 g/mol. The number of nitrogens with one attached hydrogen (secondary N) is 1. The minimum Gasteiger partial charge on any atom is -0.494 e. The highest BCUT2D eigenvalue weighted by Crippen LogP contribution is 2.22. The van der Waals surface area contributed by atoms with Gasteiger partial charge in [-0.2, -0.15) is 11.8 Å². The number of rotatable bonds is 10. The lowest BCUT2D eigenvalue weighted by molar-refractivity contribution is 0.336. The zero-order chi connectivity index (χ0) is 15.7. The molecule has 1 rings (SSSR count). The Morgan fingerprint density at radius 3 is 2.71 bits per heavy atom. The zero-order valence-corrected chi connectivity index (χ0v) is 14.2. The topological polar surface area (TPSA) is 81.4 Å². The number of nitrogens with two attached hydrogens (primary N) is 1. The summed E-state index contributed by atoms with van der Waals surface area (Å²) in [6, 6.07) is 4.79. The van der Waals surface area contributed by atoms with Gasteiger partial charge in [-0.15, -0.1) is 0 Å². The number of sulfonamides is 1. The van der Waals surface area contributed by atoms with E-state index >= 15 is 0 Å². The Labute approximate surface area is 131 Å². The van der Waals surface area contributed by atoms with Crippen LogP contribution in [0.25, 0.3) is 0 Å². The molecule has 0 atom stereocenters. The lowest BCUT2D eigenvalue weighted by Gasteiger charge is -2.12. The van der Waals surface area contributed by atoms with Gasteiger partial charge in [0.05, 0.1) is 11.5 Å². The molecule has 0 saturated carbocycles. The average molecular weight is 332 g/mol. The van der Waals surface area contributed by atoms with Crippen molar-refractivity contribution in [3.05, 3.63) is 23.8 Å². The van der Waals surface area contributed by atoms with Crippen LogP contribution in [0.3, 0.4) is 0 Å². The third-order valence-electron chi connectivity index (χ3n) is 2.93. The maximum absolute atomic E-state index is 12.2. The number of ether oxygens (including phenoxy) is 1. The Morgan fingerprint density at radius 1 is 1.33 bits per heavy atom. The fraction of sp³-hybridized carbons (Fsp3) is 0.571. The summed E-state index contributed by atoms with van der Waals surface area (Å²) in [5, 5.41) is 0. The number of unbranched alkanes of at least 4 members (excludes halogenated alkanes) is 1. The predicted octanol–water partition coefficient (Wildman–Crippen LogP) is 1.97. The Balaban J connectivity index is 2.74. The first-order valence-electron chi connectivity index (χ1n) is 6.99. The summed E-state index contributed by atoms with van der Waals surface area (Å²) in [7, 11) is -3.48. The SMILES string of the molecule is CCOc1ccc(S(=O)(=O)NCCCCSC)cc1CN. The van der Waals surface area contributed by atoms with Gasteiger partial charge in [0.25, 0.3) is 0 Å². The molecule has 1 aromatic carbocycles. The summed E-state index contributed by atoms with van der Waals surface area (Å²) < 4.78 is 32.5. The van der Waals surface area contributed by atoms with Crippen LogP contribution in [0.2, 0.25) is 0 Å². The van der Waals surface area contributed by atoms with Crippen molar-refractivity contribution >= 4 is 21.8 Å². The third kappa shape index (κ3) is 5.86. The van der Waals surface area contributed by atoms with E-state index in [2.05, 4.69) is 4.72 Å². The molecule has 0 aromatic heterocycles. The van der Waals surface area contributed by atoms with Crippen LogP contribution in [0, 0.1) is 0 Å². The van der Waals surface area contributed by atoms with Crippen LogP contribution in [0.4, 0.5) is 0 Å². The number of benzene rings is 1. The Kier molecular flexibility index (Phi) is 8.10. The van der Waals surface area contributed by atoms with Gasteiger partial charge < -0.3 is 10.5 Å². The molecule has 7 heteroatoms. The number of hydrogen-bond donors (Lipinski definition) is 2. The van der Waals surface area contributed by atoms with Gasteiger partial charge in [-0.3, -0.25) is 0 Å². The second-order valence-corrected chi connectivity index (χ2v) is 7.26. The summed E-state index contributed by atoms with van der Waals surface area (Å²) >= 11 is 1.76. The minimum atomic E-state index is -3.48. The van der Waals surface area contributed by atoms with Gasteiger partial charge >= 0.3 is 0 Å². The first-order valence-corrected chi connectivity index (χ1v) is 9.87. The fourth-order valence-corrected chi connectivity index (χ4v) is 3.46. The van der Waals surface area contributed by atoms with E-state index in [1.54, 1.807) is 30.0 Å². The number of hydrogen-bond acceptors (Lipinski definition) is 5. The van der Waals surface area contributed by atoms with Crippen LogP contribution in [-0.2, 0) is 16.6 Å². The maximum atomic E-state index is 12.2. The van der Waals surface area contributed by atoms with E-state index in [9.17, 15) is 8.42 Å². The standard InChI is InChI=1S/C14H24N2O3S2/c1-3-19-14-7-6-13(10-12(14)11-15)21(17,18)16-8-4-5-9-20-2/h6-7,10,16H,3-5,8-9,11,15H2,1-2H3. The summed E-state index contributed by atoms with van der Waals surface area (Å²) in [6.45, 7) is 3.09. The molecule has 0 spiro atoms. The largest absolute Gasteiger partial charge is 0.494 e. The first-order chi connectivity index (χ1) is 10.0. The normalized spacial score (nSPS) is 11.6. The molecule has 0 aliphatic heterocycles. The fourth-order valence-electron chi connectivity index (χ4n) is 1.84. The summed E-state index contributed by atoms with van der Waals surface area (Å²) in [5.74, 6) is 1.68. The Hall–Kier alpha value is -0.760. The molecule has 3 N–H and O–H groups in total. The van der Waals surface area contributed by atoms with E-state index in [0.717, 1.165) is 18.6 Å². The van der Waals surface area contributed by atoms with Crippen LogP contribution >= 0.6 is 11.8 Å². The monoisotopic (exact) mass is 332 g/mol. The molecule has 1 aromatic rings. The maximum Gasteiger partial charge on any atom is 0.240 e. The van der Waals surface area contributed by atoms with Crippen LogP contribution < -0.4 is 15.2 Å². The molecule has 21 heavy (non-hydrogen) atoms. The minimum absolute atomic E-state index is 0.233. The van der Waals surface area contributed by atoms with Crippen molar-refractivity contribution in [1.29, 1.82) is 0 Å². The molecule has 5 nitrogen and oxygen atoms in total. The third-order valence-corrected chi connectivity index (χ3v) is 5.08. The molecular formula is C14H24N2O3S2. The Morgan fingerprint density at radius 2 is 2.10 bits per heavy atom. The molecule has 0 fully saturated rings. The molecule has 0 aliphatic rings. The highest BCUT2D eigenvalue weighted by Gasteiger charge is 2.15. The van der Waals surface area contributed by atoms with Gasteiger partial charge in [0.15, 0.2) is 0 Å². The Bertz CT molecular complexity index is 533. The van der Waals surface area contributed by atoms with Gasteiger partial charge in [0.2, 0.25) is 10.0 Å². The first kappa shape index (κ1) is 18.3. The molecule has 0 saturated heterocycles.